The van der Waals surface area contributed by atoms with Crippen molar-refractivity contribution in [2.75, 3.05) is 7.11 Å². The summed E-state index contributed by atoms with van der Waals surface area (Å²) in [7, 11) is 1.18. The van der Waals surface area contributed by atoms with Gasteiger partial charge in [0, 0.05) is 6.07 Å². The van der Waals surface area contributed by atoms with Gasteiger partial charge in [-0.15, -0.1) is 0 Å². The van der Waals surface area contributed by atoms with Crippen LogP contribution in [0.5, 0.6) is 5.75 Å². The number of halogens is 3. The molecule has 2 aromatic carbocycles. The third-order valence-corrected chi connectivity index (χ3v) is 3.38. The number of benzene rings is 2. The summed E-state index contributed by atoms with van der Waals surface area (Å²) in [6.07, 6.45) is 0. The van der Waals surface area contributed by atoms with Crippen LogP contribution < -0.4 is 4.74 Å². The van der Waals surface area contributed by atoms with E-state index in [-0.39, 0.29) is 12.2 Å². The van der Waals surface area contributed by atoms with Crippen LogP contribution >= 0.6 is 15.9 Å². The van der Waals surface area contributed by atoms with Crippen molar-refractivity contribution in [2.24, 2.45) is 0 Å². The molecule has 3 nitrogen and oxygen atoms in total. The molecule has 0 aliphatic rings. The number of carbonyl (C=O) groups is 1. The molecule has 6 heteroatoms. The van der Waals surface area contributed by atoms with Crippen LogP contribution in [-0.2, 0) is 11.3 Å². The maximum Gasteiger partial charge on any atom is 0.340 e. The lowest BCUT2D eigenvalue weighted by atomic mass is 10.1. The van der Waals surface area contributed by atoms with Crippen LogP contribution in [0.3, 0.4) is 0 Å². The van der Waals surface area contributed by atoms with Crippen molar-refractivity contribution < 1.29 is 23.0 Å². The molecule has 0 aliphatic heterocycles. The van der Waals surface area contributed by atoms with Gasteiger partial charge in [0.25, 0.3) is 0 Å². The quantitative estimate of drug-likeness (QED) is 0.774. The fourth-order valence-corrected chi connectivity index (χ4v) is 2.03. The third kappa shape index (κ3) is 3.78. The van der Waals surface area contributed by atoms with E-state index in [1.165, 1.54) is 37.4 Å². The van der Waals surface area contributed by atoms with Gasteiger partial charge in [-0.1, -0.05) is 6.07 Å². The molecule has 0 heterocycles. The standard InChI is InChI=1S/C15H11BrF2O3/c1-20-15(19)11-4-2-9(6-13(11)18)8-21-14-7-10(17)3-5-12(14)16/h2-7H,8H2,1H3. The average molecular weight is 357 g/mol. The molecule has 0 spiro atoms. The molecule has 0 N–H and O–H groups in total. The summed E-state index contributed by atoms with van der Waals surface area (Å²) in [5, 5.41) is 0. The normalized spacial score (nSPS) is 10.3. The number of esters is 1. The van der Waals surface area contributed by atoms with Crippen LogP contribution in [-0.4, -0.2) is 13.1 Å². The Morgan fingerprint density at radius 1 is 1.19 bits per heavy atom. The van der Waals surface area contributed by atoms with Crippen molar-refractivity contribution in [2.45, 2.75) is 6.61 Å². The van der Waals surface area contributed by atoms with Crippen molar-refractivity contribution in [3.8, 4) is 5.75 Å². The Labute approximate surface area is 128 Å². The zero-order valence-corrected chi connectivity index (χ0v) is 12.6. The minimum atomic E-state index is -0.743. The number of rotatable bonds is 4. The van der Waals surface area contributed by atoms with Crippen molar-refractivity contribution >= 4 is 21.9 Å². The van der Waals surface area contributed by atoms with Gasteiger partial charge in [-0.2, -0.15) is 0 Å². The maximum atomic E-state index is 13.7. The Hall–Kier alpha value is -1.95. The van der Waals surface area contributed by atoms with E-state index in [1.807, 2.05) is 0 Å². The summed E-state index contributed by atoms with van der Waals surface area (Å²) in [4.78, 5) is 11.3. The zero-order chi connectivity index (χ0) is 15.4. The molecule has 2 rings (SSSR count). The van der Waals surface area contributed by atoms with Gasteiger partial charge >= 0.3 is 5.97 Å². The average Bonchev–Trinajstić information content (AvgIpc) is 2.47. The van der Waals surface area contributed by atoms with E-state index in [4.69, 9.17) is 4.74 Å². The van der Waals surface area contributed by atoms with Gasteiger partial charge in [-0.25, -0.2) is 13.6 Å². The van der Waals surface area contributed by atoms with Crippen LogP contribution in [0.2, 0.25) is 0 Å². The molecule has 0 aliphatic carbocycles. The number of hydrogen-bond donors (Lipinski definition) is 0. The molecule has 110 valence electrons. The lowest BCUT2D eigenvalue weighted by Crippen LogP contribution is -2.05. The number of methoxy groups -OCH3 is 1. The number of ether oxygens (including phenoxy) is 2. The van der Waals surface area contributed by atoms with E-state index in [0.29, 0.717) is 15.8 Å². The lowest BCUT2D eigenvalue weighted by Gasteiger charge is -2.09. The molecule has 0 atom stereocenters. The molecule has 0 saturated heterocycles. The first kappa shape index (κ1) is 15.4. The predicted molar refractivity (Wildman–Crippen MR) is 76.2 cm³/mol. The van der Waals surface area contributed by atoms with Gasteiger partial charge in [0.2, 0.25) is 0 Å². The summed E-state index contributed by atoms with van der Waals surface area (Å²) in [6, 6.07) is 8.08. The predicted octanol–water partition coefficient (Wildman–Crippen LogP) is 4.09. The molecule has 0 unspecified atom stereocenters. The summed E-state index contributed by atoms with van der Waals surface area (Å²) in [5.74, 6) is -1.55. The first-order valence-corrected chi connectivity index (χ1v) is 6.75. The second-order valence-electron chi connectivity index (χ2n) is 4.17. The molecule has 0 amide bonds. The minimum Gasteiger partial charge on any atom is -0.488 e. The monoisotopic (exact) mass is 356 g/mol. The van der Waals surface area contributed by atoms with Crippen LogP contribution in [0.15, 0.2) is 40.9 Å². The molecule has 0 bridgehead atoms. The van der Waals surface area contributed by atoms with Crippen LogP contribution in [0, 0.1) is 11.6 Å². The molecule has 0 radical (unpaired) electrons. The minimum absolute atomic E-state index is 0.0421. The summed E-state index contributed by atoms with van der Waals surface area (Å²) in [6.45, 7) is 0.0421. The highest BCUT2D eigenvalue weighted by Crippen LogP contribution is 2.26. The Morgan fingerprint density at radius 3 is 2.62 bits per heavy atom. The largest absolute Gasteiger partial charge is 0.488 e. The van der Waals surface area contributed by atoms with Crippen molar-refractivity contribution in [1.29, 1.82) is 0 Å². The molecule has 0 fully saturated rings. The summed E-state index contributed by atoms with van der Waals surface area (Å²) in [5.41, 5.74) is 0.365. The lowest BCUT2D eigenvalue weighted by molar-refractivity contribution is 0.0595. The van der Waals surface area contributed by atoms with Crippen molar-refractivity contribution in [1.82, 2.24) is 0 Å². The van der Waals surface area contributed by atoms with Gasteiger partial charge in [0.05, 0.1) is 17.1 Å². The van der Waals surface area contributed by atoms with Gasteiger partial charge < -0.3 is 9.47 Å². The van der Waals surface area contributed by atoms with Gasteiger partial charge in [-0.3, -0.25) is 0 Å². The van der Waals surface area contributed by atoms with Gasteiger partial charge in [-0.05, 0) is 45.8 Å². The number of carbonyl (C=O) groups excluding carboxylic acids is 1. The van der Waals surface area contributed by atoms with Crippen LogP contribution in [0.4, 0.5) is 8.78 Å². The Kier molecular flexibility index (Phi) is 4.90. The second-order valence-corrected chi connectivity index (χ2v) is 5.02. The first-order valence-electron chi connectivity index (χ1n) is 5.96. The SMILES string of the molecule is COC(=O)c1ccc(COc2cc(F)ccc2Br)cc1F. The fourth-order valence-electron chi connectivity index (χ4n) is 1.67. The fraction of sp³-hybridized carbons (Fsp3) is 0.133. The number of hydrogen-bond acceptors (Lipinski definition) is 3. The highest BCUT2D eigenvalue weighted by atomic mass is 79.9. The van der Waals surface area contributed by atoms with Gasteiger partial charge in [0.15, 0.2) is 0 Å². The first-order chi connectivity index (χ1) is 10.0. The Balaban J connectivity index is 2.12. The Morgan fingerprint density at radius 2 is 1.95 bits per heavy atom. The molecule has 21 heavy (non-hydrogen) atoms. The highest BCUT2D eigenvalue weighted by Gasteiger charge is 2.12. The highest BCUT2D eigenvalue weighted by molar-refractivity contribution is 9.10. The Bertz CT molecular complexity index is 674. The van der Waals surface area contributed by atoms with E-state index >= 15 is 0 Å². The summed E-state index contributed by atoms with van der Waals surface area (Å²) >= 11 is 3.23. The summed E-state index contributed by atoms with van der Waals surface area (Å²) < 4.78 is 37.3. The third-order valence-electron chi connectivity index (χ3n) is 2.73. The van der Waals surface area contributed by atoms with E-state index in [0.717, 1.165) is 0 Å². The molecule has 0 saturated carbocycles. The van der Waals surface area contributed by atoms with Crippen LogP contribution in [0.1, 0.15) is 15.9 Å². The molecule has 2 aromatic rings. The van der Waals surface area contributed by atoms with E-state index in [9.17, 15) is 13.6 Å². The smallest absolute Gasteiger partial charge is 0.340 e. The zero-order valence-electron chi connectivity index (χ0n) is 11.0. The van der Waals surface area contributed by atoms with Gasteiger partial charge in [0.1, 0.15) is 24.0 Å². The molecular weight excluding hydrogens is 346 g/mol. The van der Waals surface area contributed by atoms with Crippen molar-refractivity contribution in [3.05, 3.63) is 63.6 Å². The van der Waals surface area contributed by atoms with Crippen LogP contribution in [0.25, 0.3) is 0 Å². The van der Waals surface area contributed by atoms with E-state index in [2.05, 4.69) is 20.7 Å². The van der Waals surface area contributed by atoms with E-state index in [1.54, 1.807) is 6.07 Å². The maximum absolute atomic E-state index is 13.7. The topological polar surface area (TPSA) is 35.5 Å². The molecule has 0 aromatic heterocycles. The van der Waals surface area contributed by atoms with E-state index < -0.39 is 17.6 Å². The molecular formula is C15H11BrF2O3. The second kappa shape index (κ2) is 6.67. The van der Waals surface area contributed by atoms with Crippen molar-refractivity contribution in [3.63, 3.8) is 0 Å².